The summed E-state index contributed by atoms with van der Waals surface area (Å²) in [4.78, 5) is 15.8. The van der Waals surface area contributed by atoms with Crippen molar-refractivity contribution in [2.24, 2.45) is 0 Å². The molecule has 5 nitrogen and oxygen atoms in total. The second-order valence-corrected chi connectivity index (χ2v) is 7.26. The monoisotopic (exact) mass is 336 g/mol. The van der Waals surface area contributed by atoms with Gasteiger partial charge in [0.2, 0.25) is 0 Å². The van der Waals surface area contributed by atoms with Gasteiger partial charge >= 0.3 is 6.09 Å². The minimum Gasteiger partial charge on any atom is -0.456 e. The molecule has 0 aliphatic carbocycles. The van der Waals surface area contributed by atoms with Crippen molar-refractivity contribution in [1.82, 2.24) is 9.80 Å². The molecule has 2 fully saturated rings. The first-order valence-corrected chi connectivity index (χ1v) is 8.69. The van der Waals surface area contributed by atoms with Gasteiger partial charge in [0.25, 0.3) is 0 Å². The van der Waals surface area contributed by atoms with Gasteiger partial charge in [-0.15, -0.1) is 0 Å². The van der Waals surface area contributed by atoms with E-state index in [4.69, 9.17) is 9.15 Å². The molecule has 1 spiro atoms. The molecule has 3 heterocycles. The quantitative estimate of drug-likeness (QED) is 0.717. The van der Waals surface area contributed by atoms with Crippen LogP contribution >= 0.6 is 0 Å². The van der Waals surface area contributed by atoms with Crippen LogP contribution in [0.3, 0.4) is 0 Å². The molecule has 3 aromatic rings. The van der Waals surface area contributed by atoms with E-state index in [1.165, 1.54) is 5.56 Å². The minimum absolute atomic E-state index is 0.207. The van der Waals surface area contributed by atoms with Gasteiger partial charge in [0.1, 0.15) is 16.8 Å². The molecule has 5 rings (SSSR count). The Hall–Kier alpha value is -2.53. The van der Waals surface area contributed by atoms with E-state index >= 15 is 0 Å². The fourth-order valence-electron chi connectivity index (χ4n) is 4.24. The zero-order chi connectivity index (χ0) is 17.0. The summed E-state index contributed by atoms with van der Waals surface area (Å²) in [7, 11) is 1.80. The summed E-state index contributed by atoms with van der Waals surface area (Å²) in [6.07, 6.45) is 0.681. The third-order valence-corrected chi connectivity index (χ3v) is 5.42. The van der Waals surface area contributed by atoms with Gasteiger partial charge in [-0.2, -0.15) is 0 Å². The Bertz CT molecular complexity index is 979. The van der Waals surface area contributed by atoms with Gasteiger partial charge in [-0.25, -0.2) is 4.79 Å². The summed E-state index contributed by atoms with van der Waals surface area (Å²) in [5.74, 6) is 0. The third kappa shape index (κ3) is 2.30. The van der Waals surface area contributed by atoms with Crippen molar-refractivity contribution in [2.45, 2.75) is 18.6 Å². The Morgan fingerprint density at radius 3 is 2.76 bits per heavy atom. The highest BCUT2D eigenvalue weighted by molar-refractivity contribution is 6.05. The molecule has 2 aromatic carbocycles. The maximum Gasteiger partial charge on any atom is 0.410 e. The average molecular weight is 336 g/mol. The van der Waals surface area contributed by atoms with Crippen molar-refractivity contribution in [1.29, 1.82) is 0 Å². The molecule has 2 aliphatic rings. The maximum atomic E-state index is 11.7. The Balaban J connectivity index is 1.44. The van der Waals surface area contributed by atoms with E-state index in [2.05, 4.69) is 29.2 Å². The highest BCUT2D eigenvalue weighted by atomic mass is 16.6. The summed E-state index contributed by atoms with van der Waals surface area (Å²) >= 11 is 0. The topological polar surface area (TPSA) is 45.9 Å². The van der Waals surface area contributed by atoms with Crippen LogP contribution in [-0.4, -0.2) is 48.2 Å². The lowest BCUT2D eigenvalue weighted by Gasteiger charge is -2.21. The van der Waals surface area contributed by atoms with Crippen molar-refractivity contribution in [3.8, 4) is 0 Å². The number of likely N-dealkylation sites (N-methyl/N-ethyl adjacent to an activating group) is 1. The van der Waals surface area contributed by atoms with Crippen LogP contribution in [-0.2, 0) is 11.3 Å². The first kappa shape index (κ1) is 14.8. The van der Waals surface area contributed by atoms with Crippen molar-refractivity contribution in [3.05, 3.63) is 48.0 Å². The maximum absolute atomic E-state index is 11.7. The van der Waals surface area contributed by atoms with Crippen molar-refractivity contribution >= 4 is 28.0 Å². The Morgan fingerprint density at radius 2 is 1.92 bits per heavy atom. The lowest BCUT2D eigenvalue weighted by Crippen LogP contribution is -2.37. The van der Waals surface area contributed by atoms with E-state index in [1.807, 2.05) is 18.2 Å². The summed E-state index contributed by atoms with van der Waals surface area (Å²) in [6, 6.07) is 14.5. The molecule has 1 aromatic heterocycles. The van der Waals surface area contributed by atoms with E-state index in [1.54, 1.807) is 11.9 Å². The largest absolute Gasteiger partial charge is 0.456 e. The number of nitrogens with zero attached hydrogens (tertiary/aromatic N) is 2. The van der Waals surface area contributed by atoms with Crippen LogP contribution in [0.4, 0.5) is 4.79 Å². The summed E-state index contributed by atoms with van der Waals surface area (Å²) < 4.78 is 11.8. The molecule has 25 heavy (non-hydrogen) atoms. The molecule has 0 bridgehead atoms. The molecule has 1 amide bonds. The molecule has 5 heteroatoms. The number of benzene rings is 2. The number of para-hydroxylation sites is 2. The van der Waals surface area contributed by atoms with Crippen LogP contribution in [0.2, 0.25) is 0 Å². The van der Waals surface area contributed by atoms with Gasteiger partial charge < -0.3 is 14.1 Å². The first-order chi connectivity index (χ1) is 12.1. The smallest absolute Gasteiger partial charge is 0.410 e. The van der Waals surface area contributed by atoms with E-state index in [0.717, 1.165) is 48.0 Å². The summed E-state index contributed by atoms with van der Waals surface area (Å²) in [5, 5.41) is 2.32. The molecule has 0 saturated carbocycles. The van der Waals surface area contributed by atoms with Gasteiger partial charge in [0.15, 0.2) is 0 Å². The first-order valence-electron chi connectivity index (χ1n) is 8.69. The Labute approximate surface area is 145 Å². The molecule has 0 unspecified atom stereocenters. The van der Waals surface area contributed by atoms with Crippen molar-refractivity contribution in [2.75, 3.05) is 26.7 Å². The lowest BCUT2D eigenvalue weighted by molar-refractivity contribution is 0.0627. The number of likely N-dealkylation sites (tertiary alicyclic amines) is 1. The van der Waals surface area contributed by atoms with Gasteiger partial charge in [0, 0.05) is 49.4 Å². The minimum atomic E-state index is -0.340. The number of furan rings is 1. The highest BCUT2D eigenvalue weighted by Gasteiger charge is 2.48. The van der Waals surface area contributed by atoms with Gasteiger partial charge in [-0.1, -0.05) is 36.4 Å². The molecule has 1 atom stereocenters. The average Bonchev–Trinajstić information content (AvgIpc) is 3.25. The van der Waals surface area contributed by atoms with Crippen LogP contribution in [0.1, 0.15) is 12.0 Å². The number of rotatable bonds is 2. The third-order valence-electron chi connectivity index (χ3n) is 5.42. The fraction of sp³-hybridized carbons (Fsp3) is 0.350. The lowest BCUT2D eigenvalue weighted by atomic mass is 10.0. The van der Waals surface area contributed by atoms with E-state index < -0.39 is 0 Å². The number of fused-ring (bicyclic) bond motifs is 3. The molecule has 2 saturated heterocycles. The van der Waals surface area contributed by atoms with Crippen LogP contribution in [0.15, 0.2) is 46.9 Å². The van der Waals surface area contributed by atoms with Gasteiger partial charge in [0.05, 0.1) is 6.54 Å². The molecular weight excluding hydrogens is 316 g/mol. The molecule has 2 aliphatic heterocycles. The number of amides is 1. The SMILES string of the molecule is CN1C[C@]2(CCN(Cc3cccc4c3oc3ccccc34)C2)OC1=O. The Kier molecular flexibility index (Phi) is 3.09. The van der Waals surface area contributed by atoms with Crippen LogP contribution in [0.5, 0.6) is 0 Å². The van der Waals surface area contributed by atoms with Gasteiger partial charge in [-0.3, -0.25) is 4.90 Å². The van der Waals surface area contributed by atoms with E-state index in [0.29, 0.717) is 6.54 Å². The molecule has 0 N–H and O–H groups in total. The number of ether oxygens (including phenoxy) is 1. The molecular formula is C20H20N2O3. The number of carbonyl (C=O) groups is 1. The normalized spacial score (nSPS) is 24.0. The summed E-state index contributed by atoms with van der Waals surface area (Å²) in [5.41, 5.74) is 2.73. The fourth-order valence-corrected chi connectivity index (χ4v) is 4.24. The van der Waals surface area contributed by atoms with Crippen LogP contribution in [0, 0.1) is 0 Å². The highest BCUT2D eigenvalue weighted by Crippen LogP contribution is 2.35. The molecule has 0 radical (unpaired) electrons. The van der Waals surface area contributed by atoms with Gasteiger partial charge in [-0.05, 0) is 6.07 Å². The second-order valence-electron chi connectivity index (χ2n) is 7.26. The van der Waals surface area contributed by atoms with Crippen molar-refractivity contribution < 1.29 is 13.9 Å². The summed E-state index contributed by atoms with van der Waals surface area (Å²) in [6.45, 7) is 3.19. The van der Waals surface area contributed by atoms with Crippen molar-refractivity contribution in [3.63, 3.8) is 0 Å². The zero-order valence-corrected chi connectivity index (χ0v) is 14.2. The zero-order valence-electron chi connectivity index (χ0n) is 14.2. The molecule has 128 valence electrons. The number of hydrogen-bond donors (Lipinski definition) is 0. The standard InChI is InChI=1S/C20H20N2O3/c1-21-12-20(25-19(21)23)9-10-22(13-20)11-14-5-4-7-16-15-6-2-3-8-17(15)24-18(14)16/h2-8H,9-13H2,1H3/t20-/m0/s1. The number of carbonyl (C=O) groups excluding carboxylic acids is 1. The predicted molar refractivity (Wildman–Crippen MR) is 95.5 cm³/mol. The van der Waals surface area contributed by atoms with Crippen LogP contribution in [0.25, 0.3) is 21.9 Å². The van der Waals surface area contributed by atoms with E-state index in [9.17, 15) is 4.79 Å². The van der Waals surface area contributed by atoms with E-state index in [-0.39, 0.29) is 11.7 Å². The second kappa shape index (κ2) is 5.23. The van der Waals surface area contributed by atoms with Crippen LogP contribution < -0.4 is 0 Å². The Morgan fingerprint density at radius 1 is 1.08 bits per heavy atom. The predicted octanol–water partition coefficient (Wildman–Crippen LogP) is 3.61. The number of hydrogen-bond acceptors (Lipinski definition) is 4.